The van der Waals surface area contributed by atoms with Crippen molar-refractivity contribution in [2.75, 3.05) is 11.5 Å². The van der Waals surface area contributed by atoms with Gasteiger partial charge in [0, 0.05) is 28.6 Å². The number of alkyl halides is 1. The van der Waals surface area contributed by atoms with E-state index in [1.807, 2.05) is 6.92 Å². The highest BCUT2D eigenvalue weighted by molar-refractivity contribution is 14.1. The molecule has 3 nitrogen and oxygen atoms in total. The summed E-state index contributed by atoms with van der Waals surface area (Å²) >= 11 is 2.40. The molecule has 1 aliphatic heterocycles. The molecule has 0 fully saturated rings. The number of nitrogens with zero attached hydrogens (tertiary/aromatic N) is 1. The van der Waals surface area contributed by atoms with E-state index in [0.717, 1.165) is 29.3 Å². The number of carbonyl (C=O) groups is 1. The standard InChI is InChI=1S/C15H24INO2/c1-5-6-7-8-14-13(15(18)19-4)9-12(10-16)17(14)11(2)3/h5-6,11-12H,7-10H2,1-4H3/b6-5+. The van der Waals surface area contributed by atoms with Crippen molar-refractivity contribution in [3.8, 4) is 0 Å². The topological polar surface area (TPSA) is 29.5 Å². The molecule has 0 saturated carbocycles. The van der Waals surface area contributed by atoms with Gasteiger partial charge < -0.3 is 9.64 Å². The first-order valence-corrected chi connectivity index (χ1v) is 8.35. The number of hydrogen-bond acceptors (Lipinski definition) is 3. The van der Waals surface area contributed by atoms with Gasteiger partial charge in [-0.15, -0.1) is 0 Å². The lowest BCUT2D eigenvalue weighted by Gasteiger charge is -2.32. The van der Waals surface area contributed by atoms with Gasteiger partial charge in [0.1, 0.15) is 0 Å². The van der Waals surface area contributed by atoms with Crippen LogP contribution in [0.4, 0.5) is 0 Å². The van der Waals surface area contributed by atoms with E-state index in [1.54, 1.807) is 0 Å². The average molecular weight is 377 g/mol. The van der Waals surface area contributed by atoms with Gasteiger partial charge in [0.25, 0.3) is 0 Å². The van der Waals surface area contributed by atoms with Crippen molar-refractivity contribution >= 4 is 28.6 Å². The Kier molecular flexibility index (Phi) is 6.89. The highest BCUT2D eigenvalue weighted by Gasteiger charge is 2.35. The predicted molar refractivity (Wildman–Crippen MR) is 87.4 cm³/mol. The molecule has 0 amide bonds. The molecule has 0 radical (unpaired) electrons. The smallest absolute Gasteiger partial charge is 0.335 e. The van der Waals surface area contributed by atoms with Crippen LogP contribution in [0.5, 0.6) is 0 Å². The summed E-state index contributed by atoms with van der Waals surface area (Å²) in [6.07, 6.45) is 6.92. The Hall–Kier alpha value is -0.520. The molecular formula is C15H24INO2. The summed E-state index contributed by atoms with van der Waals surface area (Å²) in [5, 5.41) is 0. The number of rotatable bonds is 6. The molecule has 0 aliphatic carbocycles. The van der Waals surface area contributed by atoms with E-state index in [0.29, 0.717) is 12.1 Å². The first-order chi connectivity index (χ1) is 9.06. The van der Waals surface area contributed by atoms with Crippen LogP contribution in [0.15, 0.2) is 23.4 Å². The van der Waals surface area contributed by atoms with E-state index in [-0.39, 0.29) is 5.97 Å². The Morgan fingerprint density at radius 2 is 2.26 bits per heavy atom. The lowest BCUT2D eigenvalue weighted by atomic mass is 10.1. The van der Waals surface area contributed by atoms with Crippen LogP contribution in [0.1, 0.15) is 40.0 Å². The summed E-state index contributed by atoms with van der Waals surface area (Å²) in [5.41, 5.74) is 2.06. The number of ether oxygens (including phenoxy) is 1. The summed E-state index contributed by atoms with van der Waals surface area (Å²) in [4.78, 5) is 14.4. The van der Waals surface area contributed by atoms with E-state index < -0.39 is 0 Å². The number of esters is 1. The molecule has 1 unspecified atom stereocenters. The van der Waals surface area contributed by atoms with Gasteiger partial charge in [-0.25, -0.2) is 4.79 Å². The van der Waals surface area contributed by atoms with Crippen LogP contribution in [0.25, 0.3) is 0 Å². The fourth-order valence-corrected chi connectivity index (χ4v) is 3.42. The molecule has 108 valence electrons. The van der Waals surface area contributed by atoms with Crippen LogP contribution in [0.2, 0.25) is 0 Å². The van der Waals surface area contributed by atoms with Crippen molar-refractivity contribution in [3.05, 3.63) is 23.4 Å². The molecule has 1 atom stereocenters. The molecule has 4 heteroatoms. The molecule has 0 spiro atoms. The molecule has 0 aromatic heterocycles. The summed E-state index contributed by atoms with van der Waals surface area (Å²) in [5.74, 6) is -0.159. The molecule has 1 heterocycles. The van der Waals surface area contributed by atoms with Gasteiger partial charge in [-0.2, -0.15) is 0 Å². The fraction of sp³-hybridized carbons (Fsp3) is 0.667. The Morgan fingerprint density at radius 3 is 2.74 bits per heavy atom. The van der Waals surface area contributed by atoms with Gasteiger partial charge in [0.05, 0.1) is 12.7 Å². The number of carbonyl (C=O) groups excluding carboxylic acids is 1. The van der Waals surface area contributed by atoms with Crippen LogP contribution in [0.3, 0.4) is 0 Å². The summed E-state index contributed by atoms with van der Waals surface area (Å²) in [7, 11) is 1.47. The Balaban J connectivity index is 3.02. The maximum Gasteiger partial charge on any atom is 0.335 e. The minimum atomic E-state index is -0.159. The number of methoxy groups -OCH3 is 1. The van der Waals surface area contributed by atoms with Gasteiger partial charge in [-0.05, 0) is 33.6 Å². The van der Waals surface area contributed by atoms with E-state index >= 15 is 0 Å². The van der Waals surface area contributed by atoms with Gasteiger partial charge in [0.15, 0.2) is 0 Å². The van der Waals surface area contributed by atoms with Crippen molar-refractivity contribution < 1.29 is 9.53 Å². The van der Waals surface area contributed by atoms with E-state index in [2.05, 4.69) is 53.5 Å². The molecular weight excluding hydrogens is 353 g/mol. The molecule has 0 bridgehead atoms. The second kappa shape index (κ2) is 7.92. The quantitative estimate of drug-likeness (QED) is 0.306. The van der Waals surface area contributed by atoms with Crippen LogP contribution >= 0.6 is 22.6 Å². The van der Waals surface area contributed by atoms with Crippen molar-refractivity contribution in [3.63, 3.8) is 0 Å². The normalized spacial score (nSPS) is 19.9. The van der Waals surface area contributed by atoms with E-state index in [1.165, 1.54) is 12.8 Å². The van der Waals surface area contributed by atoms with Gasteiger partial charge in [-0.3, -0.25) is 0 Å². The molecule has 0 saturated heterocycles. The minimum Gasteiger partial charge on any atom is -0.466 e. The fourth-order valence-electron chi connectivity index (χ4n) is 2.68. The van der Waals surface area contributed by atoms with Crippen LogP contribution < -0.4 is 0 Å². The zero-order valence-electron chi connectivity index (χ0n) is 12.3. The minimum absolute atomic E-state index is 0.159. The number of allylic oxidation sites excluding steroid dienone is 3. The second-order valence-electron chi connectivity index (χ2n) is 5.04. The van der Waals surface area contributed by atoms with Gasteiger partial charge in [-0.1, -0.05) is 34.7 Å². The SMILES string of the molecule is C/C=C/CCC1=C(C(=O)OC)CC(CI)N1C(C)C. The van der Waals surface area contributed by atoms with Crippen molar-refractivity contribution in [1.29, 1.82) is 0 Å². The molecule has 0 N–H and O–H groups in total. The Bertz CT molecular complexity index is 374. The van der Waals surface area contributed by atoms with Crippen molar-refractivity contribution in [1.82, 2.24) is 4.90 Å². The molecule has 1 rings (SSSR count). The highest BCUT2D eigenvalue weighted by atomic mass is 127. The lowest BCUT2D eigenvalue weighted by Crippen LogP contribution is -2.36. The van der Waals surface area contributed by atoms with Crippen LogP contribution in [-0.4, -0.2) is 34.5 Å². The van der Waals surface area contributed by atoms with Crippen LogP contribution in [0, 0.1) is 0 Å². The zero-order chi connectivity index (χ0) is 14.4. The third kappa shape index (κ3) is 3.97. The lowest BCUT2D eigenvalue weighted by molar-refractivity contribution is -0.136. The third-order valence-electron chi connectivity index (χ3n) is 3.44. The molecule has 0 aromatic rings. The average Bonchev–Trinajstić information content (AvgIpc) is 2.77. The molecule has 19 heavy (non-hydrogen) atoms. The van der Waals surface area contributed by atoms with Gasteiger partial charge >= 0.3 is 5.97 Å². The summed E-state index contributed by atoms with van der Waals surface area (Å²) in [6, 6.07) is 0.845. The van der Waals surface area contributed by atoms with Crippen molar-refractivity contribution in [2.45, 2.75) is 52.1 Å². The molecule has 0 aromatic carbocycles. The van der Waals surface area contributed by atoms with Crippen molar-refractivity contribution in [2.24, 2.45) is 0 Å². The largest absolute Gasteiger partial charge is 0.466 e. The van der Waals surface area contributed by atoms with Gasteiger partial charge in [0.2, 0.25) is 0 Å². The van der Waals surface area contributed by atoms with E-state index in [4.69, 9.17) is 4.74 Å². The summed E-state index contributed by atoms with van der Waals surface area (Å²) in [6.45, 7) is 6.41. The molecule has 1 aliphatic rings. The first kappa shape index (κ1) is 16.5. The number of hydrogen-bond donors (Lipinski definition) is 0. The van der Waals surface area contributed by atoms with Crippen LogP contribution in [-0.2, 0) is 9.53 Å². The predicted octanol–water partition coefficient (Wildman–Crippen LogP) is 3.69. The first-order valence-electron chi connectivity index (χ1n) is 6.82. The highest BCUT2D eigenvalue weighted by Crippen LogP contribution is 2.35. The summed E-state index contributed by atoms with van der Waals surface area (Å²) < 4.78 is 5.98. The van der Waals surface area contributed by atoms with E-state index in [9.17, 15) is 4.79 Å². The second-order valence-corrected chi connectivity index (χ2v) is 5.92. The monoisotopic (exact) mass is 377 g/mol. The number of halogens is 1. The maximum atomic E-state index is 12.0. The zero-order valence-corrected chi connectivity index (χ0v) is 14.4. The third-order valence-corrected chi connectivity index (χ3v) is 4.46. The Morgan fingerprint density at radius 1 is 1.58 bits per heavy atom. The maximum absolute atomic E-state index is 12.0. The Labute approximate surface area is 130 Å².